The average Bonchev–Trinajstić information content (AvgIpc) is 2.54. The molecule has 0 fully saturated rings. The lowest BCUT2D eigenvalue weighted by atomic mass is 10.3. The lowest BCUT2D eigenvalue weighted by Gasteiger charge is -1.89. The Hall–Kier alpha value is -1.36. The van der Waals surface area contributed by atoms with E-state index >= 15 is 0 Å². The van der Waals surface area contributed by atoms with Crippen molar-refractivity contribution < 1.29 is 9.47 Å². The van der Waals surface area contributed by atoms with Crippen molar-refractivity contribution in [2.75, 3.05) is 6.79 Å². The first-order valence-electron chi connectivity index (χ1n) is 4.06. The smallest absolute Gasteiger partial charge is 0.232 e. The van der Waals surface area contributed by atoms with Crippen molar-refractivity contribution in [2.24, 2.45) is 0 Å². The lowest BCUT2D eigenvalue weighted by molar-refractivity contribution is 0.174. The van der Waals surface area contributed by atoms with Gasteiger partial charge in [-0.1, -0.05) is 19.9 Å². The molecule has 12 heavy (non-hydrogen) atoms. The summed E-state index contributed by atoms with van der Waals surface area (Å²) in [6, 6.07) is 7.63. The van der Waals surface area contributed by atoms with Gasteiger partial charge in [-0.2, -0.15) is 0 Å². The maximum absolute atomic E-state index is 5.11. The fourth-order valence-electron chi connectivity index (χ4n) is 0.882. The maximum Gasteiger partial charge on any atom is 0.232 e. The third-order valence-corrected chi connectivity index (χ3v) is 1.36. The van der Waals surface area contributed by atoms with E-state index in [0.29, 0.717) is 12.5 Å². The maximum atomic E-state index is 5.11. The van der Waals surface area contributed by atoms with Gasteiger partial charge in [0.25, 0.3) is 0 Å². The molecule has 2 nitrogen and oxygen atoms in total. The highest BCUT2D eigenvalue weighted by Crippen LogP contribution is 2.29. The predicted octanol–water partition coefficient (Wildman–Crippen LogP) is 2.35. The number of hydrogen-bond donors (Lipinski definition) is 0. The second kappa shape index (κ2) is 3.87. The van der Waals surface area contributed by atoms with Crippen molar-refractivity contribution in [2.45, 2.75) is 20.8 Å². The van der Waals surface area contributed by atoms with Crippen LogP contribution in [-0.2, 0) is 0 Å². The first-order chi connectivity index (χ1) is 5.86. The van der Waals surface area contributed by atoms with Crippen LogP contribution in [0.2, 0.25) is 0 Å². The van der Waals surface area contributed by atoms with Gasteiger partial charge in [-0.3, -0.25) is 0 Å². The molecular weight excluding hydrogens is 152 g/mol. The minimum atomic E-state index is 0.309. The molecule has 1 aliphatic rings. The topological polar surface area (TPSA) is 18.5 Å². The van der Waals surface area contributed by atoms with Gasteiger partial charge in [0.15, 0.2) is 5.75 Å². The van der Waals surface area contributed by atoms with Crippen LogP contribution in [0.3, 0.4) is 0 Å². The number of aryl methyl sites for hydroxylation is 1. The SMILES string of the molecule is CC.Cc1c#cc2c(c1)OCO2. The minimum Gasteiger partial charge on any atom is -0.453 e. The van der Waals surface area contributed by atoms with E-state index in [1.807, 2.05) is 26.8 Å². The van der Waals surface area contributed by atoms with E-state index in [1.165, 1.54) is 0 Å². The molecule has 2 rings (SSSR count). The molecule has 1 aromatic rings. The van der Waals surface area contributed by atoms with Crippen LogP contribution in [0.5, 0.6) is 11.5 Å². The highest BCUT2D eigenvalue weighted by Gasteiger charge is 2.11. The van der Waals surface area contributed by atoms with E-state index in [-0.39, 0.29) is 0 Å². The van der Waals surface area contributed by atoms with E-state index < -0.39 is 0 Å². The summed E-state index contributed by atoms with van der Waals surface area (Å²) in [5.41, 5.74) is 1.02. The first-order valence-corrected chi connectivity index (χ1v) is 4.06. The number of rotatable bonds is 0. The summed E-state index contributed by atoms with van der Waals surface area (Å²) in [7, 11) is 0. The first kappa shape index (κ1) is 8.73. The van der Waals surface area contributed by atoms with Crippen LogP contribution in [0.4, 0.5) is 0 Å². The molecule has 0 saturated heterocycles. The molecule has 1 aromatic carbocycles. The summed E-state index contributed by atoms with van der Waals surface area (Å²) in [5, 5.41) is 0. The fourth-order valence-corrected chi connectivity index (χ4v) is 0.882. The molecule has 2 heteroatoms. The quantitative estimate of drug-likeness (QED) is 0.586. The van der Waals surface area contributed by atoms with Crippen molar-refractivity contribution in [3.8, 4) is 11.5 Å². The molecule has 1 aliphatic heterocycles. The van der Waals surface area contributed by atoms with Crippen LogP contribution in [-0.4, -0.2) is 6.79 Å². The zero-order chi connectivity index (χ0) is 8.97. The Morgan fingerprint density at radius 1 is 1.25 bits per heavy atom. The number of hydrogen-bond acceptors (Lipinski definition) is 2. The molecule has 0 bridgehead atoms. The molecule has 0 saturated carbocycles. The second-order valence-corrected chi connectivity index (χ2v) is 2.18. The molecule has 0 amide bonds. The summed E-state index contributed by atoms with van der Waals surface area (Å²) in [4.78, 5) is 0. The fraction of sp³-hybridized carbons (Fsp3) is 0.400. The monoisotopic (exact) mass is 164 g/mol. The molecule has 0 radical (unpaired) electrons. The Labute approximate surface area is 73.1 Å². The third kappa shape index (κ3) is 1.62. The summed E-state index contributed by atoms with van der Waals surface area (Å²) in [6.07, 6.45) is 0. The Morgan fingerprint density at radius 2 is 2.00 bits per heavy atom. The molecule has 0 unspecified atom stereocenters. The highest BCUT2D eigenvalue weighted by atomic mass is 16.7. The van der Waals surface area contributed by atoms with Crippen LogP contribution in [0.25, 0.3) is 0 Å². The molecule has 64 valence electrons. The van der Waals surface area contributed by atoms with Crippen LogP contribution < -0.4 is 9.47 Å². The largest absolute Gasteiger partial charge is 0.453 e. The summed E-state index contributed by atoms with van der Waals surface area (Å²) >= 11 is 0. The highest BCUT2D eigenvalue weighted by molar-refractivity contribution is 5.39. The van der Waals surface area contributed by atoms with Gasteiger partial charge in [-0.05, 0) is 19.1 Å². The molecule has 0 N–H and O–H groups in total. The Morgan fingerprint density at radius 3 is 2.75 bits per heavy atom. The van der Waals surface area contributed by atoms with Gasteiger partial charge in [0.2, 0.25) is 12.5 Å². The molecule has 0 spiro atoms. The molecule has 0 atom stereocenters. The van der Waals surface area contributed by atoms with Gasteiger partial charge in [0.1, 0.15) is 0 Å². The zero-order valence-corrected chi connectivity index (χ0v) is 7.60. The number of ether oxygens (including phenoxy) is 2. The second-order valence-electron chi connectivity index (χ2n) is 2.18. The summed E-state index contributed by atoms with van der Waals surface area (Å²) in [5.74, 6) is 1.45. The van der Waals surface area contributed by atoms with E-state index in [2.05, 4.69) is 12.1 Å². The van der Waals surface area contributed by atoms with Crippen LogP contribution in [0, 0.1) is 19.1 Å². The van der Waals surface area contributed by atoms with E-state index in [4.69, 9.17) is 9.47 Å². The van der Waals surface area contributed by atoms with Gasteiger partial charge in [0, 0.05) is 5.56 Å². The van der Waals surface area contributed by atoms with Crippen LogP contribution in [0.15, 0.2) is 6.07 Å². The van der Waals surface area contributed by atoms with E-state index in [0.717, 1.165) is 11.3 Å². The Bertz CT molecular complexity index is 256. The van der Waals surface area contributed by atoms with Crippen LogP contribution in [0.1, 0.15) is 19.4 Å². The summed E-state index contributed by atoms with van der Waals surface area (Å²) < 4.78 is 10.2. The molecule has 1 heterocycles. The minimum absolute atomic E-state index is 0.309. The van der Waals surface area contributed by atoms with E-state index in [1.54, 1.807) is 0 Å². The van der Waals surface area contributed by atoms with Crippen LogP contribution >= 0.6 is 0 Å². The Kier molecular flexibility index (Phi) is 2.82. The summed E-state index contributed by atoms with van der Waals surface area (Å²) in [6.45, 7) is 6.25. The number of fused-ring (bicyclic) bond motifs is 1. The van der Waals surface area contributed by atoms with Gasteiger partial charge in [-0.25, -0.2) is 0 Å². The van der Waals surface area contributed by atoms with Gasteiger partial charge in [0.05, 0.1) is 0 Å². The lowest BCUT2D eigenvalue weighted by Crippen LogP contribution is -1.92. The predicted molar refractivity (Wildman–Crippen MR) is 46.3 cm³/mol. The van der Waals surface area contributed by atoms with Crippen molar-refractivity contribution >= 4 is 0 Å². The van der Waals surface area contributed by atoms with Gasteiger partial charge < -0.3 is 9.47 Å². The van der Waals surface area contributed by atoms with Crippen molar-refractivity contribution in [3.63, 3.8) is 0 Å². The van der Waals surface area contributed by atoms with Gasteiger partial charge in [-0.15, -0.1) is 0 Å². The Balaban J connectivity index is 0.000000336. The van der Waals surface area contributed by atoms with Crippen molar-refractivity contribution in [3.05, 3.63) is 23.8 Å². The normalized spacial score (nSPS) is 11.2. The van der Waals surface area contributed by atoms with Crippen molar-refractivity contribution in [1.29, 1.82) is 0 Å². The zero-order valence-electron chi connectivity index (χ0n) is 7.60. The molecular formula is C10H12O2. The van der Waals surface area contributed by atoms with Gasteiger partial charge >= 0.3 is 0 Å². The standard InChI is InChI=1S/C8H6O2.C2H6/c1-6-2-3-7-8(4-6)10-5-9-7;1-2/h4H,5H2,1H3;1-2H3. The van der Waals surface area contributed by atoms with Crippen molar-refractivity contribution in [1.82, 2.24) is 0 Å². The third-order valence-electron chi connectivity index (χ3n) is 1.36. The van der Waals surface area contributed by atoms with E-state index in [9.17, 15) is 0 Å². The average molecular weight is 164 g/mol. The molecule has 0 aliphatic carbocycles. The molecule has 0 aromatic heterocycles.